The van der Waals surface area contributed by atoms with Gasteiger partial charge in [0, 0.05) is 26.2 Å². The van der Waals surface area contributed by atoms with Gasteiger partial charge in [-0.3, -0.25) is 4.79 Å². The minimum atomic E-state index is -3.70. The molecule has 2 heterocycles. The van der Waals surface area contributed by atoms with Crippen LogP contribution in [0.4, 0.5) is 0 Å². The maximum atomic E-state index is 12.9. The van der Waals surface area contributed by atoms with Crippen LogP contribution in [-0.4, -0.2) is 54.9 Å². The molecule has 1 saturated heterocycles. The second-order valence-corrected chi connectivity index (χ2v) is 8.65. The van der Waals surface area contributed by atoms with Crippen LogP contribution < -0.4 is 5.73 Å². The zero-order chi connectivity index (χ0) is 19.8. The minimum Gasteiger partial charge on any atom is -0.360 e. The highest BCUT2D eigenvalue weighted by Gasteiger charge is 2.35. The SMILES string of the molecule is Cc1ccc(C(N)C(=O)N2CCN(S(=O)(=O)c3c(C)noc3C)CC2)cc1.Cl. The Hall–Kier alpha value is -1.94. The molecule has 1 aliphatic rings. The predicted octanol–water partition coefficient (Wildman–Crippen LogP) is 1.55. The molecule has 1 atom stereocenters. The largest absolute Gasteiger partial charge is 0.360 e. The Morgan fingerprint density at radius 3 is 2.18 bits per heavy atom. The van der Waals surface area contributed by atoms with Crippen molar-refractivity contribution in [2.45, 2.75) is 31.7 Å². The zero-order valence-corrected chi connectivity index (χ0v) is 17.7. The van der Waals surface area contributed by atoms with Crippen LogP contribution in [-0.2, 0) is 14.8 Å². The van der Waals surface area contributed by atoms with Crippen LogP contribution >= 0.6 is 12.4 Å². The second kappa shape index (κ2) is 8.60. The number of carbonyl (C=O) groups excluding carboxylic acids is 1. The van der Waals surface area contributed by atoms with E-state index in [4.69, 9.17) is 10.3 Å². The van der Waals surface area contributed by atoms with Gasteiger partial charge in [0.1, 0.15) is 16.6 Å². The number of rotatable bonds is 4. The van der Waals surface area contributed by atoms with Crippen molar-refractivity contribution < 1.29 is 17.7 Å². The molecule has 2 N–H and O–H groups in total. The van der Waals surface area contributed by atoms with Crippen molar-refractivity contribution in [1.82, 2.24) is 14.4 Å². The molecule has 0 saturated carbocycles. The molecule has 2 aromatic rings. The molecule has 1 amide bonds. The maximum Gasteiger partial charge on any atom is 0.248 e. The summed E-state index contributed by atoms with van der Waals surface area (Å²) in [6.45, 7) is 6.15. The monoisotopic (exact) mass is 428 g/mol. The molecule has 1 fully saturated rings. The number of sulfonamides is 1. The lowest BCUT2D eigenvalue weighted by Crippen LogP contribution is -2.52. The number of aromatic nitrogens is 1. The Kier molecular flexibility index (Phi) is 6.87. The third-order valence-corrected chi connectivity index (χ3v) is 6.96. The predicted molar refractivity (Wildman–Crippen MR) is 107 cm³/mol. The molecule has 0 spiro atoms. The van der Waals surface area contributed by atoms with E-state index in [0.29, 0.717) is 18.8 Å². The summed E-state index contributed by atoms with van der Waals surface area (Å²) in [5, 5.41) is 3.72. The molecule has 0 bridgehead atoms. The van der Waals surface area contributed by atoms with Crippen LogP contribution in [0.2, 0.25) is 0 Å². The number of hydrogen-bond donors (Lipinski definition) is 1. The molecule has 1 aromatic heterocycles. The molecule has 154 valence electrons. The van der Waals surface area contributed by atoms with Gasteiger partial charge in [0.25, 0.3) is 0 Å². The second-order valence-electron chi connectivity index (χ2n) is 6.77. The number of nitrogens with zero attached hydrogens (tertiary/aromatic N) is 3. The number of amides is 1. The Labute approximate surface area is 171 Å². The summed E-state index contributed by atoms with van der Waals surface area (Å²) in [6.07, 6.45) is 0. The van der Waals surface area contributed by atoms with E-state index < -0.39 is 16.1 Å². The molecule has 28 heavy (non-hydrogen) atoms. The van der Waals surface area contributed by atoms with Crippen LogP contribution in [0.1, 0.15) is 28.6 Å². The molecular formula is C18H25ClN4O4S. The first-order valence-electron chi connectivity index (χ1n) is 8.76. The van der Waals surface area contributed by atoms with Gasteiger partial charge in [0.2, 0.25) is 15.9 Å². The lowest BCUT2D eigenvalue weighted by molar-refractivity contribution is -0.133. The number of nitrogens with two attached hydrogens (primary N) is 1. The number of carbonyl (C=O) groups is 1. The first-order valence-corrected chi connectivity index (χ1v) is 10.2. The standard InChI is InChI=1S/C18H24N4O4S.ClH/c1-12-4-6-15(7-5-12)16(19)18(23)21-8-10-22(11-9-21)27(24,25)17-13(2)20-26-14(17)3;/h4-7,16H,8-11,19H2,1-3H3;1H. The van der Waals surface area contributed by atoms with E-state index >= 15 is 0 Å². The van der Waals surface area contributed by atoms with Crippen LogP contribution in [0.15, 0.2) is 33.7 Å². The number of benzene rings is 1. The fourth-order valence-corrected chi connectivity index (χ4v) is 4.95. The molecule has 1 aromatic carbocycles. The summed E-state index contributed by atoms with van der Waals surface area (Å²) in [7, 11) is -3.70. The van der Waals surface area contributed by atoms with Crippen LogP contribution in [0.5, 0.6) is 0 Å². The Balaban J connectivity index is 0.00000280. The Morgan fingerprint density at radius 1 is 1.11 bits per heavy atom. The van der Waals surface area contributed by atoms with Gasteiger partial charge < -0.3 is 15.2 Å². The van der Waals surface area contributed by atoms with Gasteiger partial charge in [-0.25, -0.2) is 8.42 Å². The van der Waals surface area contributed by atoms with Gasteiger partial charge in [-0.15, -0.1) is 12.4 Å². The molecule has 1 unspecified atom stereocenters. The van der Waals surface area contributed by atoms with Crippen LogP contribution in [0.3, 0.4) is 0 Å². The smallest absolute Gasteiger partial charge is 0.248 e. The van der Waals surface area contributed by atoms with E-state index in [2.05, 4.69) is 5.16 Å². The van der Waals surface area contributed by atoms with E-state index in [9.17, 15) is 13.2 Å². The summed E-state index contributed by atoms with van der Waals surface area (Å²) in [5.41, 5.74) is 8.29. The zero-order valence-electron chi connectivity index (χ0n) is 16.1. The number of piperazine rings is 1. The lowest BCUT2D eigenvalue weighted by Gasteiger charge is -2.35. The first-order chi connectivity index (χ1) is 12.7. The van der Waals surface area contributed by atoms with Crippen molar-refractivity contribution in [3.05, 3.63) is 46.8 Å². The van der Waals surface area contributed by atoms with Gasteiger partial charge >= 0.3 is 0 Å². The third kappa shape index (κ3) is 4.22. The lowest BCUT2D eigenvalue weighted by atomic mass is 10.0. The summed E-state index contributed by atoms with van der Waals surface area (Å²) in [6, 6.07) is 6.76. The summed E-state index contributed by atoms with van der Waals surface area (Å²) >= 11 is 0. The number of halogens is 1. The molecule has 8 nitrogen and oxygen atoms in total. The van der Waals surface area contributed by atoms with Crippen molar-refractivity contribution in [3.8, 4) is 0 Å². The van der Waals surface area contributed by atoms with E-state index in [-0.39, 0.29) is 42.1 Å². The first kappa shape index (κ1) is 22.4. The average molecular weight is 429 g/mol. The fraction of sp³-hybridized carbons (Fsp3) is 0.444. The maximum absolute atomic E-state index is 12.9. The average Bonchev–Trinajstić information content (AvgIpc) is 3.00. The highest BCUT2D eigenvalue weighted by Crippen LogP contribution is 2.24. The quantitative estimate of drug-likeness (QED) is 0.791. The van der Waals surface area contributed by atoms with E-state index in [1.807, 2.05) is 31.2 Å². The fourth-order valence-electron chi connectivity index (χ4n) is 3.23. The number of aryl methyl sites for hydroxylation is 3. The van der Waals surface area contributed by atoms with E-state index in [1.54, 1.807) is 18.7 Å². The summed E-state index contributed by atoms with van der Waals surface area (Å²) in [5.74, 6) is 0.0700. The Morgan fingerprint density at radius 2 is 1.68 bits per heavy atom. The van der Waals surface area contributed by atoms with Crippen LogP contribution in [0.25, 0.3) is 0 Å². The normalized spacial score (nSPS) is 16.5. The highest BCUT2D eigenvalue weighted by atomic mass is 35.5. The van der Waals surface area contributed by atoms with Gasteiger partial charge in [-0.05, 0) is 26.3 Å². The van der Waals surface area contributed by atoms with Crippen molar-refractivity contribution in [2.75, 3.05) is 26.2 Å². The molecule has 1 aliphatic heterocycles. The highest BCUT2D eigenvalue weighted by molar-refractivity contribution is 7.89. The minimum absolute atomic E-state index is 0. The van der Waals surface area contributed by atoms with E-state index in [1.165, 1.54) is 4.31 Å². The Bertz CT molecular complexity index is 915. The molecule has 3 rings (SSSR count). The third-order valence-electron chi connectivity index (χ3n) is 4.82. The number of hydrogen-bond acceptors (Lipinski definition) is 6. The van der Waals surface area contributed by atoms with Crippen LogP contribution in [0, 0.1) is 20.8 Å². The van der Waals surface area contributed by atoms with Gasteiger partial charge in [0.15, 0.2) is 5.76 Å². The molecule has 0 aliphatic carbocycles. The summed E-state index contributed by atoms with van der Waals surface area (Å²) in [4.78, 5) is 14.4. The molecule has 0 radical (unpaired) electrons. The van der Waals surface area contributed by atoms with Gasteiger partial charge in [-0.1, -0.05) is 35.0 Å². The molecular weight excluding hydrogens is 404 g/mol. The van der Waals surface area contributed by atoms with Gasteiger partial charge in [0.05, 0.1) is 0 Å². The topological polar surface area (TPSA) is 110 Å². The van der Waals surface area contributed by atoms with Crippen molar-refractivity contribution in [2.24, 2.45) is 5.73 Å². The van der Waals surface area contributed by atoms with Crippen molar-refractivity contribution in [3.63, 3.8) is 0 Å². The van der Waals surface area contributed by atoms with Gasteiger partial charge in [-0.2, -0.15) is 4.31 Å². The van der Waals surface area contributed by atoms with E-state index in [0.717, 1.165) is 11.1 Å². The summed E-state index contributed by atoms with van der Waals surface area (Å²) < 4.78 is 32.0. The molecule has 10 heteroatoms. The van der Waals surface area contributed by atoms with Crippen molar-refractivity contribution >= 4 is 28.3 Å². The van der Waals surface area contributed by atoms with Crippen molar-refractivity contribution in [1.29, 1.82) is 0 Å².